The standard InChI is InChI=1S/C16H15BrClNO3/c1-9-4-5-14(21-3)13(6-9)19-16(20)22-15-7-10(2)12(18)8-11(15)17/h4-8H,1-3H3,(H,19,20). The Morgan fingerprint density at radius 1 is 1.18 bits per heavy atom. The Kier molecular flexibility index (Phi) is 5.32. The van der Waals surface area contributed by atoms with Gasteiger partial charge in [-0.2, -0.15) is 0 Å². The van der Waals surface area contributed by atoms with E-state index in [0.29, 0.717) is 26.7 Å². The largest absolute Gasteiger partial charge is 0.495 e. The van der Waals surface area contributed by atoms with Gasteiger partial charge in [0.2, 0.25) is 0 Å². The van der Waals surface area contributed by atoms with Crippen LogP contribution in [0.15, 0.2) is 34.8 Å². The van der Waals surface area contributed by atoms with E-state index in [2.05, 4.69) is 21.2 Å². The molecule has 0 spiro atoms. The van der Waals surface area contributed by atoms with E-state index in [1.54, 1.807) is 25.3 Å². The van der Waals surface area contributed by atoms with Gasteiger partial charge in [-0.15, -0.1) is 0 Å². The molecule has 0 bridgehead atoms. The fourth-order valence-electron chi connectivity index (χ4n) is 1.86. The van der Waals surface area contributed by atoms with Crippen LogP contribution in [0.4, 0.5) is 10.5 Å². The third-order valence-corrected chi connectivity index (χ3v) is 4.03. The minimum absolute atomic E-state index is 0.394. The molecule has 0 radical (unpaired) electrons. The molecule has 1 amide bonds. The van der Waals surface area contributed by atoms with Crippen molar-refractivity contribution in [2.45, 2.75) is 13.8 Å². The molecule has 0 fully saturated rings. The second-order valence-electron chi connectivity index (χ2n) is 4.75. The summed E-state index contributed by atoms with van der Waals surface area (Å²) in [5, 5.41) is 3.27. The molecule has 6 heteroatoms. The fourth-order valence-corrected chi connectivity index (χ4v) is 2.58. The van der Waals surface area contributed by atoms with Gasteiger partial charge < -0.3 is 9.47 Å². The van der Waals surface area contributed by atoms with E-state index in [-0.39, 0.29) is 0 Å². The number of benzene rings is 2. The molecule has 2 rings (SSSR count). The third-order valence-electron chi connectivity index (χ3n) is 3.01. The average Bonchev–Trinajstić information content (AvgIpc) is 2.45. The zero-order valence-electron chi connectivity index (χ0n) is 12.4. The van der Waals surface area contributed by atoms with Crippen LogP contribution in [0, 0.1) is 13.8 Å². The lowest BCUT2D eigenvalue weighted by atomic mass is 10.2. The molecule has 2 aromatic carbocycles. The van der Waals surface area contributed by atoms with Crippen LogP contribution in [0.2, 0.25) is 5.02 Å². The number of carbonyl (C=O) groups excluding carboxylic acids is 1. The number of carbonyl (C=O) groups is 1. The Hall–Kier alpha value is -1.72. The van der Waals surface area contributed by atoms with Crippen molar-refractivity contribution in [2.75, 3.05) is 12.4 Å². The predicted octanol–water partition coefficient (Wildman–Crippen LogP) is 5.34. The highest BCUT2D eigenvalue weighted by Gasteiger charge is 2.13. The van der Waals surface area contributed by atoms with Crippen LogP contribution in [-0.4, -0.2) is 13.2 Å². The molecule has 0 unspecified atom stereocenters. The quantitative estimate of drug-likeness (QED) is 0.777. The lowest BCUT2D eigenvalue weighted by molar-refractivity contribution is 0.214. The van der Waals surface area contributed by atoms with Crippen molar-refractivity contribution in [3.8, 4) is 11.5 Å². The topological polar surface area (TPSA) is 47.6 Å². The molecule has 0 aliphatic carbocycles. The fraction of sp³-hybridized carbons (Fsp3) is 0.188. The Balaban J connectivity index is 2.17. The number of anilines is 1. The Labute approximate surface area is 142 Å². The summed E-state index contributed by atoms with van der Waals surface area (Å²) in [6, 6.07) is 8.87. The van der Waals surface area contributed by atoms with E-state index >= 15 is 0 Å². The molecular weight excluding hydrogens is 370 g/mol. The molecule has 2 aromatic rings. The second kappa shape index (κ2) is 7.03. The first-order chi connectivity index (χ1) is 10.4. The van der Waals surface area contributed by atoms with Crippen LogP contribution in [0.5, 0.6) is 11.5 Å². The highest BCUT2D eigenvalue weighted by molar-refractivity contribution is 9.10. The van der Waals surface area contributed by atoms with Crippen LogP contribution in [0.1, 0.15) is 11.1 Å². The molecule has 0 heterocycles. The van der Waals surface area contributed by atoms with Gasteiger partial charge in [-0.05, 0) is 65.2 Å². The van der Waals surface area contributed by atoms with Gasteiger partial charge in [-0.25, -0.2) is 4.79 Å². The first kappa shape index (κ1) is 16.6. The van der Waals surface area contributed by atoms with E-state index in [4.69, 9.17) is 21.1 Å². The van der Waals surface area contributed by atoms with Gasteiger partial charge in [0.15, 0.2) is 0 Å². The molecular formula is C16H15BrClNO3. The van der Waals surface area contributed by atoms with Crippen molar-refractivity contribution < 1.29 is 14.3 Å². The lowest BCUT2D eigenvalue weighted by Crippen LogP contribution is -2.17. The summed E-state index contributed by atoms with van der Waals surface area (Å²) < 4.78 is 11.1. The summed E-state index contributed by atoms with van der Waals surface area (Å²) in [4.78, 5) is 12.1. The molecule has 4 nitrogen and oxygen atoms in total. The number of nitrogens with one attached hydrogen (secondary N) is 1. The summed E-state index contributed by atoms with van der Waals surface area (Å²) in [5.41, 5.74) is 2.37. The maximum Gasteiger partial charge on any atom is 0.417 e. The minimum Gasteiger partial charge on any atom is -0.495 e. The number of hydrogen-bond acceptors (Lipinski definition) is 3. The molecule has 0 aliphatic rings. The predicted molar refractivity (Wildman–Crippen MR) is 91.3 cm³/mol. The maximum atomic E-state index is 12.1. The summed E-state index contributed by atoms with van der Waals surface area (Å²) in [5.74, 6) is 0.958. The third kappa shape index (κ3) is 3.93. The second-order valence-corrected chi connectivity index (χ2v) is 6.01. The zero-order valence-corrected chi connectivity index (χ0v) is 14.7. The van der Waals surface area contributed by atoms with Crippen molar-refractivity contribution >= 4 is 39.3 Å². The monoisotopic (exact) mass is 383 g/mol. The first-order valence-electron chi connectivity index (χ1n) is 6.50. The SMILES string of the molecule is COc1ccc(C)cc1NC(=O)Oc1cc(C)c(Cl)cc1Br. The van der Waals surface area contributed by atoms with Gasteiger partial charge >= 0.3 is 6.09 Å². The Morgan fingerprint density at radius 3 is 2.59 bits per heavy atom. The molecule has 0 saturated heterocycles. The van der Waals surface area contributed by atoms with Crippen LogP contribution >= 0.6 is 27.5 Å². The number of rotatable bonds is 3. The van der Waals surface area contributed by atoms with Crippen LogP contribution in [0.25, 0.3) is 0 Å². The van der Waals surface area contributed by atoms with Crippen molar-refractivity contribution in [3.05, 3.63) is 51.0 Å². The zero-order chi connectivity index (χ0) is 16.3. The number of ether oxygens (including phenoxy) is 2. The lowest BCUT2D eigenvalue weighted by Gasteiger charge is -2.12. The van der Waals surface area contributed by atoms with Gasteiger partial charge in [0.1, 0.15) is 11.5 Å². The molecule has 22 heavy (non-hydrogen) atoms. The first-order valence-corrected chi connectivity index (χ1v) is 7.67. The number of amides is 1. The van der Waals surface area contributed by atoms with Gasteiger partial charge in [-0.1, -0.05) is 17.7 Å². The van der Waals surface area contributed by atoms with E-state index in [1.165, 1.54) is 0 Å². The summed E-state index contributed by atoms with van der Waals surface area (Å²) in [7, 11) is 1.54. The number of methoxy groups -OCH3 is 1. The van der Waals surface area contributed by atoms with Crippen molar-refractivity contribution in [1.29, 1.82) is 0 Å². The van der Waals surface area contributed by atoms with Gasteiger partial charge in [0, 0.05) is 5.02 Å². The smallest absolute Gasteiger partial charge is 0.417 e. The Morgan fingerprint density at radius 2 is 1.91 bits per heavy atom. The molecule has 0 aliphatic heterocycles. The Bertz CT molecular complexity index is 719. The van der Waals surface area contributed by atoms with Crippen LogP contribution < -0.4 is 14.8 Å². The van der Waals surface area contributed by atoms with E-state index < -0.39 is 6.09 Å². The molecule has 1 N–H and O–H groups in total. The number of hydrogen-bond donors (Lipinski definition) is 1. The molecule has 116 valence electrons. The molecule has 0 saturated carbocycles. The number of aryl methyl sites for hydroxylation is 2. The summed E-state index contributed by atoms with van der Waals surface area (Å²) in [6.07, 6.45) is -0.605. The van der Waals surface area contributed by atoms with Crippen LogP contribution in [0.3, 0.4) is 0 Å². The summed E-state index contributed by atoms with van der Waals surface area (Å²) >= 11 is 9.33. The van der Waals surface area contributed by atoms with Crippen molar-refractivity contribution in [1.82, 2.24) is 0 Å². The molecule has 0 atom stereocenters. The number of halogens is 2. The average molecular weight is 385 g/mol. The van der Waals surface area contributed by atoms with E-state index in [1.807, 2.05) is 26.0 Å². The van der Waals surface area contributed by atoms with Gasteiger partial charge in [0.05, 0.1) is 17.3 Å². The van der Waals surface area contributed by atoms with Gasteiger partial charge in [-0.3, -0.25) is 5.32 Å². The van der Waals surface area contributed by atoms with E-state index in [0.717, 1.165) is 11.1 Å². The normalized spacial score (nSPS) is 10.2. The van der Waals surface area contributed by atoms with Crippen molar-refractivity contribution in [3.63, 3.8) is 0 Å². The van der Waals surface area contributed by atoms with Crippen LogP contribution in [-0.2, 0) is 0 Å². The van der Waals surface area contributed by atoms with Gasteiger partial charge in [0.25, 0.3) is 0 Å². The maximum absolute atomic E-state index is 12.1. The molecule has 0 aromatic heterocycles. The summed E-state index contributed by atoms with van der Waals surface area (Å²) in [6.45, 7) is 3.76. The van der Waals surface area contributed by atoms with E-state index in [9.17, 15) is 4.79 Å². The highest BCUT2D eigenvalue weighted by Crippen LogP contribution is 2.32. The highest BCUT2D eigenvalue weighted by atomic mass is 79.9. The minimum atomic E-state index is -0.605. The van der Waals surface area contributed by atoms with Crippen molar-refractivity contribution in [2.24, 2.45) is 0 Å².